The highest BCUT2D eigenvalue weighted by atomic mass is 16.7. The molecule has 2 aliphatic heterocycles. The molecule has 2 aliphatic rings. The van der Waals surface area contributed by atoms with E-state index >= 15 is 0 Å². The van der Waals surface area contributed by atoms with E-state index in [9.17, 15) is 5.11 Å². The van der Waals surface area contributed by atoms with Gasteiger partial charge in [0.05, 0.1) is 18.8 Å². The molecule has 6 heteroatoms. The lowest BCUT2D eigenvalue weighted by Gasteiger charge is -2.30. The van der Waals surface area contributed by atoms with E-state index in [2.05, 4.69) is 17.3 Å². The zero-order chi connectivity index (χ0) is 14.7. The van der Waals surface area contributed by atoms with Gasteiger partial charge in [-0.1, -0.05) is 6.07 Å². The average molecular weight is 294 g/mol. The summed E-state index contributed by atoms with van der Waals surface area (Å²) in [5.74, 6) is 1.43. The van der Waals surface area contributed by atoms with Crippen molar-refractivity contribution in [1.82, 2.24) is 10.2 Å². The molecule has 0 bridgehead atoms. The first kappa shape index (κ1) is 14.6. The number of benzene rings is 1. The Labute approximate surface area is 124 Å². The van der Waals surface area contributed by atoms with Crippen LogP contribution in [0.25, 0.3) is 0 Å². The van der Waals surface area contributed by atoms with Crippen LogP contribution in [-0.2, 0) is 4.74 Å². The van der Waals surface area contributed by atoms with Gasteiger partial charge in [-0.05, 0) is 24.7 Å². The molecule has 0 saturated carbocycles. The van der Waals surface area contributed by atoms with Crippen LogP contribution in [0.5, 0.6) is 11.5 Å². The third-order valence-corrected chi connectivity index (χ3v) is 3.83. The second-order valence-corrected chi connectivity index (χ2v) is 5.54. The minimum atomic E-state index is -0.569. The van der Waals surface area contributed by atoms with E-state index in [1.807, 2.05) is 18.2 Å². The fourth-order valence-electron chi connectivity index (χ4n) is 2.61. The number of morpholine rings is 1. The number of hydrogen-bond acceptors (Lipinski definition) is 6. The summed E-state index contributed by atoms with van der Waals surface area (Å²) in [6.45, 7) is 4.16. The van der Waals surface area contributed by atoms with Crippen molar-refractivity contribution < 1.29 is 19.3 Å². The molecular formula is C15H22N2O4. The van der Waals surface area contributed by atoms with Gasteiger partial charge in [-0.2, -0.15) is 0 Å². The second-order valence-electron chi connectivity index (χ2n) is 5.54. The molecule has 0 unspecified atom stereocenters. The van der Waals surface area contributed by atoms with Crippen molar-refractivity contribution in [2.75, 3.05) is 46.6 Å². The molecule has 2 heterocycles. The molecular weight excluding hydrogens is 272 g/mol. The van der Waals surface area contributed by atoms with E-state index in [0.717, 1.165) is 37.6 Å². The number of fused-ring (bicyclic) bond motifs is 1. The molecule has 0 aromatic heterocycles. The van der Waals surface area contributed by atoms with E-state index in [0.29, 0.717) is 12.3 Å². The predicted molar refractivity (Wildman–Crippen MR) is 77.6 cm³/mol. The van der Waals surface area contributed by atoms with Crippen LogP contribution in [0.1, 0.15) is 11.7 Å². The van der Waals surface area contributed by atoms with Gasteiger partial charge in [0.25, 0.3) is 0 Å². The summed E-state index contributed by atoms with van der Waals surface area (Å²) in [6, 6.07) is 5.53. The highest BCUT2D eigenvalue weighted by Crippen LogP contribution is 2.34. The molecule has 21 heavy (non-hydrogen) atoms. The fraction of sp³-hybridized carbons (Fsp3) is 0.600. The lowest BCUT2D eigenvalue weighted by atomic mass is 10.1. The number of rotatable bonds is 5. The largest absolute Gasteiger partial charge is 0.454 e. The Bertz CT molecular complexity index is 483. The molecule has 6 nitrogen and oxygen atoms in total. The first-order chi connectivity index (χ1) is 10.2. The lowest BCUT2D eigenvalue weighted by molar-refractivity contribution is -0.0191. The van der Waals surface area contributed by atoms with Crippen LogP contribution < -0.4 is 14.8 Å². The molecule has 2 atom stereocenters. The van der Waals surface area contributed by atoms with Gasteiger partial charge in [-0.3, -0.25) is 0 Å². The molecule has 1 saturated heterocycles. The van der Waals surface area contributed by atoms with Gasteiger partial charge >= 0.3 is 0 Å². The molecule has 0 aliphatic carbocycles. The van der Waals surface area contributed by atoms with Crippen LogP contribution in [0, 0.1) is 0 Å². The Balaban J connectivity index is 1.46. The minimum absolute atomic E-state index is 0.188. The van der Waals surface area contributed by atoms with Crippen molar-refractivity contribution in [1.29, 1.82) is 0 Å². The molecule has 0 spiro atoms. The predicted octanol–water partition coefficient (Wildman–Crippen LogP) is 0.369. The minimum Gasteiger partial charge on any atom is -0.454 e. The van der Waals surface area contributed by atoms with Crippen molar-refractivity contribution in [3.05, 3.63) is 23.8 Å². The molecule has 116 valence electrons. The highest BCUT2D eigenvalue weighted by molar-refractivity contribution is 5.45. The molecule has 1 aromatic carbocycles. The number of nitrogens with zero attached hydrogens (tertiary/aromatic N) is 1. The van der Waals surface area contributed by atoms with Gasteiger partial charge in [-0.15, -0.1) is 0 Å². The van der Waals surface area contributed by atoms with Crippen LogP contribution in [0.15, 0.2) is 18.2 Å². The third-order valence-electron chi connectivity index (χ3n) is 3.83. The lowest BCUT2D eigenvalue weighted by Crippen LogP contribution is -2.45. The number of aliphatic hydroxyl groups excluding tert-OH is 1. The number of aliphatic hydroxyl groups is 1. The van der Waals surface area contributed by atoms with E-state index < -0.39 is 6.10 Å². The molecule has 0 radical (unpaired) electrons. The van der Waals surface area contributed by atoms with Crippen LogP contribution >= 0.6 is 0 Å². The van der Waals surface area contributed by atoms with Gasteiger partial charge < -0.3 is 29.5 Å². The monoisotopic (exact) mass is 294 g/mol. The van der Waals surface area contributed by atoms with Crippen LogP contribution in [0.2, 0.25) is 0 Å². The SMILES string of the molecule is CN1CCO[C@H](CNC[C@@H](O)c2ccc3c(c2)OCO3)C1. The second kappa shape index (κ2) is 6.62. The smallest absolute Gasteiger partial charge is 0.231 e. The van der Waals surface area contributed by atoms with E-state index in [-0.39, 0.29) is 12.9 Å². The third kappa shape index (κ3) is 3.65. The number of ether oxygens (including phenoxy) is 3. The van der Waals surface area contributed by atoms with Gasteiger partial charge in [0.15, 0.2) is 11.5 Å². The summed E-state index contributed by atoms with van der Waals surface area (Å²) in [5.41, 5.74) is 0.827. The van der Waals surface area contributed by atoms with Crippen LogP contribution in [-0.4, -0.2) is 62.7 Å². The quantitative estimate of drug-likeness (QED) is 0.818. The van der Waals surface area contributed by atoms with Crippen molar-refractivity contribution in [2.45, 2.75) is 12.2 Å². The van der Waals surface area contributed by atoms with Gasteiger partial charge in [0.2, 0.25) is 6.79 Å². The maximum absolute atomic E-state index is 10.2. The first-order valence-electron chi connectivity index (χ1n) is 7.31. The topological polar surface area (TPSA) is 63.2 Å². The summed E-state index contributed by atoms with van der Waals surface area (Å²) in [4.78, 5) is 2.25. The summed E-state index contributed by atoms with van der Waals surface area (Å²) in [6.07, 6.45) is -0.381. The molecule has 1 aromatic rings. The normalized spacial score (nSPS) is 23.2. The van der Waals surface area contributed by atoms with Gasteiger partial charge in [0.1, 0.15) is 0 Å². The van der Waals surface area contributed by atoms with E-state index in [1.54, 1.807) is 0 Å². The zero-order valence-corrected chi connectivity index (χ0v) is 12.2. The Hall–Kier alpha value is -1.34. The number of hydrogen-bond donors (Lipinski definition) is 2. The number of likely N-dealkylation sites (N-methyl/N-ethyl adjacent to an activating group) is 1. The van der Waals surface area contributed by atoms with Gasteiger partial charge in [-0.25, -0.2) is 0 Å². The highest BCUT2D eigenvalue weighted by Gasteiger charge is 2.19. The Morgan fingerprint density at radius 3 is 3.10 bits per heavy atom. The summed E-state index contributed by atoms with van der Waals surface area (Å²) in [5, 5.41) is 13.5. The van der Waals surface area contributed by atoms with Crippen molar-refractivity contribution in [3.63, 3.8) is 0 Å². The first-order valence-corrected chi connectivity index (χ1v) is 7.31. The molecule has 0 amide bonds. The van der Waals surface area contributed by atoms with Crippen molar-refractivity contribution in [2.24, 2.45) is 0 Å². The van der Waals surface area contributed by atoms with E-state index in [1.165, 1.54) is 0 Å². The summed E-state index contributed by atoms with van der Waals surface area (Å²) in [7, 11) is 2.09. The Kier molecular flexibility index (Phi) is 4.60. The maximum Gasteiger partial charge on any atom is 0.231 e. The molecule has 1 fully saturated rings. The maximum atomic E-state index is 10.2. The Morgan fingerprint density at radius 2 is 2.24 bits per heavy atom. The van der Waals surface area contributed by atoms with Gasteiger partial charge in [0, 0.05) is 26.2 Å². The molecule has 2 N–H and O–H groups in total. The number of nitrogens with one attached hydrogen (secondary N) is 1. The van der Waals surface area contributed by atoms with E-state index in [4.69, 9.17) is 14.2 Å². The fourth-order valence-corrected chi connectivity index (χ4v) is 2.61. The average Bonchev–Trinajstić information content (AvgIpc) is 2.94. The molecule has 3 rings (SSSR count). The van der Waals surface area contributed by atoms with Crippen molar-refractivity contribution in [3.8, 4) is 11.5 Å². The van der Waals surface area contributed by atoms with Crippen LogP contribution in [0.3, 0.4) is 0 Å². The summed E-state index contributed by atoms with van der Waals surface area (Å²) >= 11 is 0. The standard InChI is InChI=1S/C15H22N2O4/c1-17-4-5-19-12(9-17)7-16-8-13(18)11-2-3-14-15(6-11)21-10-20-14/h2-3,6,12-13,16,18H,4-5,7-10H2,1H3/t12-,13-/m1/s1. The summed E-state index contributed by atoms with van der Waals surface area (Å²) < 4.78 is 16.3. The zero-order valence-electron chi connectivity index (χ0n) is 12.2. The van der Waals surface area contributed by atoms with Crippen LogP contribution in [0.4, 0.5) is 0 Å². The Morgan fingerprint density at radius 1 is 1.38 bits per heavy atom. The van der Waals surface area contributed by atoms with Crippen molar-refractivity contribution >= 4 is 0 Å².